The molecule has 1 aromatic carbocycles. The Labute approximate surface area is 123 Å². The highest BCUT2D eigenvalue weighted by atomic mass is 79.9. The molecule has 106 valence electrons. The third-order valence-electron chi connectivity index (χ3n) is 2.84. The molecule has 3 N–H and O–H groups in total. The molecule has 0 aliphatic rings. The molecule has 0 unspecified atom stereocenters. The summed E-state index contributed by atoms with van der Waals surface area (Å²) in [5, 5.41) is 3.36. The van der Waals surface area contributed by atoms with Gasteiger partial charge in [0.05, 0.1) is 12.2 Å². The minimum absolute atomic E-state index is 0.239. The maximum Gasteiger partial charge on any atom is 0.236 e. The van der Waals surface area contributed by atoms with Gasteiger partial charge in [-0.1, -0.05) is 13.0 Å². The van der Waals surface area contributed by atoms with Gasteiger partial charge in [-0.05, 0) is 53.5 Å². The van der Waals surface area contributed by atoms with Crippen LogP contribution in [0.4, 0.5) is 5.69 Å². The fraction of sp³-hybridized carbons (Fsp3) is 0.500. The Kier molecular flexibility index (Phi) is 6.87. The number of anilines is 1. The van der Waals surface area contributed by atoms with Crippen LogP contribution in [0.2, 0.25) is 0 Å². The van der Waals surface area contributed by atoms with Crippen LogP contribution in [-0.4, -0.2) is 25.5 Å². The van der Waals surface area contributed by atoms with Crippen molar-refractivity contribution < 1.29 is 4.79 Å². The second-order valence-electron chi connectivity index (χ2n) is 4.44. The number of benzene rings is 1. The zero-order valence-corrected chi connectivity index (χ0v) is 13.2. The van der Waals surface area contributed by atoms with Crippen LogP contribution in [0.1, 0.15) is 25.8 Å². The molecule has 1 amide bonds. The highest BCUT2D eigenvalue weighted by molar-refractivity contribution is 9.10. The van der Waals surface area contributed by atoms with Crippen LogP contribution >= 0.6 is 15.9 Å². The van der Waals surface area contributed by atoms with E-state index in [0.717, 1.165) is 36.2 Å². The summed E-state index contributed by atoms with van der Waals surface area (Å²) in [5.41, 5.74) is 7.48. The van der Waals surface area contributed by atoms with E-state index in [-0.39, 0.29) is 12.5 Å². The summed E-state index contributed by atoms with van der Waals surface area (Å²) in [6.07, 6.45) is 1.13. The third-order valence-corrected chi connectivity index (χ3v) is 3.47. The molecule has 0 aromatic heterocycles. The Hall–Kier alpha value is -1.07. The SMILES string of the molecule is CCCNCc1ccc(N(CC)CC(N)=O)c(Br)c1. The van der Waals surface area contributed by atoms with Crippen molar-refractivity contribution in [2.45, 2.75) is 26.8 Å². The van der Waals surface area contributed by atoms with Crippen LogP contribution in [0.15, 0.2) is 22.7 Å². The molecule has 0 radical (unpaired) electrons. The largest absolute Gasteiger partial charge is 0.368 e. The van der Waals surface area contributed by atoms with Crippen LogP contribution in [-0.2, 0) is 11.3 Å². The van der Waals surface area contributed by atoms with E-state index >= 15 is 0 Å². The third kappa shape index (κ3) is 5.20. The predicted octanol–water partition coefficient (Wildman–Crippen LogP) is 2.26. The van der Waals surface area contributed by atoms with Crippen LogP contribution < -0.4 is 16.0 Å². The minimum atomic E-state index is -0.317. The number of amides is 1. The molecule has 0 aliphatic carbocycles. The standard InChI is InChI=1S/C14H22BrN3O/c1-3-7-17-9-11-5-6-13(12(15)8-11)18(4-2)10-14(16)19/h5-6,8,17H,3-4,7,9-10H2,1-2H3,(H2,16,19). The molecule has 4 nitrogen and oxygen atoms in total. The first-order valence-electron chi connectivity index (χ1n) is 6.60. The molecule has 1 aromatic rings. The normalized spacial score (nSPS) is 10.5. The van der Waals surface area contributed by atoms with E-state index in [1.54, 1.807) is 0 Å². The van der Waals surface area contributed by atoms with Gasteiger partial charge in [-0.25, -0.2) is 0 Å². The average molecular weight is 328 g/mol. The molecule has 19 heavy (non-hydrogen) atoms. The lowest BCUT2D eigenvalue weighted by molar-refractivity contribution is -0.116. The first-order chi connectivity index (χ1) is 9.08. The van der Waals surface area contributed by atoms with Crippen molar-refractivity contribution in [2.75, 3.05) is 24.5 Å². The van der Waals surface area contributed by atoms with Gasteiger partial charge in [-0.15, -0.1) is 0 Å². The number of hydrogen-bond donors (Lipinski definition) is 2. The number of primary amides is 1. The van der Waals surface area contributed by atoms with Gasteiger partial charge in [0.2, 0.25) is 5.91 Å². The Morgan fingerprint density at radius 1 is 1.42 bits per heavy atom. The quantitative estimate of drug-likeness (QED) is 0.720. The Morgan fingerprint density at radius 3 is 2.68 bits per heavy atom. The number of nitrogens with two attached hydrogens (primary N) is 1. The molecule has 0 aliphatic heterocycles. The summed E-state index contributed by atoms with van der Waals surface area (Å²) < 4.78 is 0.992. The van der Waals surface area contributed by atoms with E-state index in [0.29, 0.717) is 0 Å². The van der Waals surface area contributed by atoms with Crippen LogP contribution in [0.25, 0.3) is 0 Å². The first-order valence-corrected chi connectivity index (χ1v) is 7.40. The zero-order valence-electron chi connectivity index (χ0n) is 11.6. The molecular formula is C14H22BrN3O. The molecule has 0 spiro atoms. The van der Waals surface area contributed by atoms with Gasteiger partial charge in [-0.3, -0.25) is 4.79 Å². The molecule has 5 heteroatoms. The Bertz CT molecular complexity index is 423. The number of rotatable bonds is 8. The van der Waals surface area contributed by atoms with Gasteiger partial charge in [0.1, 0.15) is 0 Å². The van der Waals surface area contributed by atoms with Gasteiger partial charge in [0.25, 0.3) is 0 Å². The second kappa shape index (κ2) is 8.17. The number of carbonyl (C=O) groups excluding carboxylic acids is 1. The number of carbonyl (C=O) groups is 1. The van der Waals surface area contributed by atoms with Gasteiger partial charge in [0, 0.05) is 17.6 Å². The van der Waals surface area contributed by atoms with Gasteiger partial charge < -0.3 is 16.0 Å². The fourth-order valence-corrected chi connectivity index (χ4v) is 2.56. The summed E-state index contributed by atoms with van der Waals surface area (Å²) >= 11 is 3.57. The molecule has 0 saturated carbocycles. The second-order valence-corrected chi connectivity index (χ2v) is 5.30. The number of nitrogens with one attached hydrogen (secondary N) is 1. The van der Waals surface area contributed by atoms with Gasteiger partial charge in [0.15, 0.2) is 0 Å². The maximum atomic E-state index is 11.0. The number of nitrogens with zero attached hydrogens (tertiary/aromatic N) is 1. The molecular weight excluding hydrogens is 306 g/mol. The van der Waals surface area contributed by atoms with Crippen molar-refractivity contribution in [2.24, 2.45) is 5.73 Å². The lowest BCUT2D eigenvalue weighted by atomic mass is 10.2. The summed E-state index contributed by atoms with van der Waals surface area (Å²) in [6, 6.07) is 6.19. The van der Waals surface area contributed by atoms with Crippen molar-refractivity contribution in [3.05, 3.63) is 28.2 Å². The molecule has 0 heterocycles. The van der Waals surface area contributed by atoms with E-state index in [1.165, 1.54) is 5.56 Å². The average Bonchev–Trinajstić information content (AvgIpc) is 2.37. The zero-order chi connectivity index (χ0) is 14.3. The van der Waals surface area contributed by atoms with E-state index in [2.05, 4.69) is 40.3 Å². The summed E-state index contributed by atoms with van der Waals surface area (Å²) in [7, 11) is 0. The lowest BCUT2D eigenvalue weighted by Crippen LogP contribution is -2.33. The highest BCUT2D eigenvalue weighted by Gasteiger charge is 2.11. The predicted molar refractivity (Wildman–Crippen MR) is 83.2 cm³/mol. The smallest absolute Gasteiger partial charge is 0.236 e. The highest BCUT2D eigenvalue weighted by Crippen LogP contribution is 2.27. The van der Waals surface area contributed by atoms with E-state index in [4.69, 9.17) is 5.73 Å². The maximum absolute atomic E-state index is 11.0. The number of halogens is 1. The van der Waals surface area contributed by atoms with E-state index in [9.17, 15) is 4.79 Å². The monoisotopic (exact) mass is 327 g/mol. The van der Waals surface area contributed by atoms with Gasteiger partial charge in [-0.2, -0.15) is 0 Å². The summed E-state index contributed by atoms with van der Waals surface area (Å²) in [4.78, 5) is 13.0. The summed E-state index contributed by atoms with van der Waals surface area (Å²) in [5.74, 6) is -0.317. The molecule has 0 atom stereocenters. The minimum Gasteiger partial charge on any atom is -0.368 e. The number of likely N-dealkylation sites (N-methyl/N-ethyl adjacent to an activating group) is 1. The molecule has 1 rings (SSSR count). The lowest BCUT2D eigenvalue weighted by Gasteiger charge is -2.23. The van der Waals surface area contributed by atoms with Crippen LogP contribution in [0.3, 0.4) is 0 Å². The summed E-state index contributed by atoms with van der Waals surface area (Å²) in [6.45, 7) is 7.01. The van der Waals surface area contributed by atoms with Crippen LogP contribution in [0.5, 0.6) is 0 Å². The number of hydrogen-bond acceptors (Lipinski definition) is 3. The Morgan fingerprint density at radius 2 is 2.16 bits per heavy atom. The van der Waals surface area contributed by atoms with Crippen molar-refractivity contribution in [1.29, 1.82) is 0 Å². The van der Waals surface area contributed by atoms with E-state index in [1.807, 2.05) is 17.9 Å². The van der Waals surface area contributed by atoms with Crippen molar-refractivity contribution in [3.63, 3.8) is 0 Å². The van der Waals surface area contributed by atoms with Crippen LogP contribution in [0, 0.1) is 0 Å². The van der Waals surface area contributed by atoms with E-state index < -0.39 is 0 Å². The van der Waals surface area contributed by atoms with Crippen molar-refractivity contribution in [3.8, 4) is 0 Å². The van der Waals surface area contributed by atoms with Crippen molar-refractivity contribution in [1.82, 2.24) is 5.32 Å². The fourth-order valence-electron chi connectivity index (χ4n) is 1.88. The Balaban J connectivity index is 2.77. The molecule has 0 saturated heterocycles. The molecule has 0 fully saturated rings. The molecule has 0 bridgehead atoms. The first kappa shape index (κ1) is 16.0. The van der Waals surface area contributed by atoms with Gasteiger partial charge >= 0.3 is 0 Å². The topological polar surface area (TPSA) is 58.4 Å². The van der Waals surface area contributed by atoms with Crippen molar-refractivity contribution >= 4 is 27.5 Å².